The summed E-state index contributed by atoms with van der Waals surface area (Å²) in [6.07, 6.45) is -2.28. The number of carbonyl (C=O) groups is 1. The first-order valence-electron chi connectivity index (χ1n) is 6.03. The molecule has 0 saturated carbocycles. The summed E-state index contributed by atoms with van der Waals surface area (Å²) in [6, 6.07) is 4.04. The van der Waals surface area contributed by atoms with Crippen LogP contribution in [0.4, 0.5) is 22.7 Å². The SMILES string of the molecule is COc1ccc(C=CC(=O)Nc2nnc(C(F)(F)F)s2)cc1F. The van der Waals surface area contributed by atoms with Crippen LogP contribution in [0.1, 0.15) is 10.6 Å². The van der Waals surface area contributed by atoms with Crippen LogP contribution in [0.3, 0.4) is 0 Å². The monoisotopic (exact) mass is 347 g/mol. The van der Waals surface area contributed by atoms with Crippen LogP contribution in [0.25, 0.3) is 6.08 Å². The second-order valence-corrected chi connectivity index (χ2v) is 5.10. The third-order valence-electron chi connectivity index (χ3n) is 2.50. The quantitative estimate of drug-likeness (QED) is 0.680. The molecule has 0 aliphatic carbocycles. The number of aromatic nitrogens is 2. The Kier molecular flexibility index (Phi) is 4.94. The molecule has 1 amide bonds. The average Bonchev–Trinajstić information content (AvgIpc) is 2.94. The Balaban J connectivity index is 2.02. The second-order valence-electron chi connectivity index (χ2n) is 4.13. The molecule has 0 radical (unpaired) electrons. The number of nitrogens with zero attached hydrogens (tertiary/aromatic N) is 2. The van der Waals surface area contributed by atoms with E-state index >= 15 is 0 Å². The third kappa shape index (κ3) is 4.49. The number of alkyl halides is 3. The first kappa shape index (κ1) is 16.9. The molecule has 0 aliphatic heterocycles. The molecule has 0 saturated heterocycles. The van der Waals surface area contributed by atoms with Crippen molar-refractivity contribution in [1.29, 1.82) is 0 Å². The molecule has 1 aromatic carbocycles. The van der Waals surface area contributed by atoms with Gasteiger partial charge in [-0.05, 0) is 23.8 Å². The molecule has 1 heterocycles. The summed E-state index contributed by atoms with van der Waals surface area (Å²) in [5.74, 6) is -1.26. The number of nitrogens with one attached hydrogen (secondary N) is 1. The largest absolute Gasteiger partial charge is 0.494 e. The van der Waals surface area contributed by atoms with Gasteiger partial charge >= 0.3 is 6.18 Å². The summed E-state index contributed by atoms with van der Waals surface area (Å²) in [5, 5.41) is 6.85. The van der Waals surface area contributed by atoms with Crippen molar-refractivity contribution in [3.8, 4) is 5.75 Å². The number of benzene rings is 1. The molecule has 0 aliphatic rings. The van der Waals surface area contributed by atoms with Gasteiger partial charge in [0.15, 0.2) is 11.6 Å². The van der Waals surface area contributed by atoms with Crippen LogP contribution in [0, 0.1) is 5.82 Å². The molecule has 1 N–H and O–H groups in total. The highest BCUT2D eigenvalue weighted by molar-refractivity contribution is 7.15. The summed E-state index contributed by atoms with van der Waals surface area (Å²) < 4.78 is 55.2. The number of ether oxygens (including phenoxy) is 1. The summed E-state index contributed by atoms with van der Waals surface area (Å²) in [7, 11) is 1.32. The highest BCUT2D eigenvalue weighted by Crippen LogP contribution is 2.32. The first-order valence-corrected chi connectivity index (χ1v) is 6.84. The lowest BCUT2D eigenvalue weighted by Gasteiger charge is -2.01. The first-order chi connectivity index (χ1) is 10.8. The normalized spacial score (nSPS) is 11.7. The predicted molar refractivity (Wildman–Crippen MR) is 75.5 cm³/mol. The van der Waals surface area contributed by atoms with Crippen LogP contribution in [-0.4, -0.2) is 23.2 Å². The maximum atomic E-state index is 13.5. The van der Waals surface area contributed by atoms with Gasteiger partial charge in [-0.15, -0.1) is 10.2 Å². The van der Waals surface area contributed by atoms with E-state index in [0.717, 1.165) is 12.1 Å². The van der Waals surface area contributed by atoms with Crippen molar-refractivity contribution in [2.24, 2.45) is 0 Å². The lowest BCUT2D eigenvalue weighted by molar-refractivity contribution is -0.138. The maximum Gasteiger partial charge on any atom is 0.445 e. The topological polar surface area (TPSA) is 64.1 Å². The van der Waals surface area contributed by atoms with Gasteiger partial charge in [-0.1, -0.05) is 17.4 Å². The smallest absolute Gasteiger partial charge is 0.445 e. The van der Waals surface area contributed by atoms with Crippen molar-refractivity contribution in [3.05, 3.63) is 40.7 Å². The Morgan fingerprint density at radius 1 is 1.35 bits per heavy atom. The number of rotatable bonds is 4. The van der Waals surface area contributed by atoms with Crippen molar-refractivity contribution >= 4 is 28.5 Å². The van der Waals surface area contributed by atoms with Gasteiger partial charge in [0, 0.05) is 6.08 Å². The molecule has 0 bridgehead atoms. The van der Waals surface area contributed by atoms with E-state index in [9.17, 15) is 22.4 Å². The molecular formula is C13H9F4N3O2S. The van der Waals surface area contributed by atoms with Gasteiger partial charge in [0.2, 0.25) is 16.0 Å². The van der Waals surface area contributed by atoms with Gasteiger partial charge in [0.25, 0.3) is 0 Å². The Morgan fingerprint density at radius 2 is 2.09 bits per heavy atom. The molecule has 0 fully saturated rings. The van der Waals surface area contributed by atoms with E-state index in [1.165, 1.54) is 25.3 Å². The zero-order valence-corrected chi connectivity index (χ0v) is 12.3. The lowest BCUT2D eigenvalue weighted by atomic mass is 10.2. The van der Waals surface area contributed by atoms with Crippen LogP contribution in [-0.2, 0) is 11.0 Å². The Morgan fingerprint density at radius 3 is 2.65 bits per heavy atom. The molecule has 0 unspecified atom stereocenters. The Hall–Kier alpha value is -2.49. The maximum absolute atomic E-state index is 13.5. The summed E-state index contributed by atoms with van der Waals surface area (Å²) >= 11 is 0.208. The van der Waals surface area contributed by atoms with E-state index in [0.29, 0.717) is 5.56 Å². The minimum atomic E-state index is -4.61. The van der Waals surface area contributed by atoms with E-state index in [1.54, 1.807) is 0 Å². The fraction of sp³-hybridized carbons (Fsp3) is 0.154. The van der Waals surface area contributed by atoms with Crippen LogP contribution in [0.5, 0.6) is 5.75 Å². The van der Waals surface area contributed by atoms with Crippen molar-refractivity contribution < 1.29 is 27.1 Å². The molecule has 23 heavy (non-hydrogen) atoms. The molecule has 5 nitrogen and oxygen atoms in total. The molecule has 2 aromatic rings. The van der Waals surface area contributed by atoms with Gasteiger partial charge < -0.3 is 4.74 Å². The molecule has 122 valence electrons. The average molecular weight is 347 g/mol. The summed E-state index contributed by atoms with van der Waals surface area (Å²) in [5.41, 5.74) is 0.381. The lowest BCUT2D eigenvalue weighted by Crippen LogP contribution is -2.07. The minimum Gasteiger partial charge on any atom is -0.494 e. The van der Waals surface area contributed by atoms with Crippen molar-refractivity contribution in [2.45, 2.75) is 6.18 Å². The third-order valence-corrected chi connectivity index (χ3v) is 3.38. The number of hydrogen-bond donors (Lipinski definition) is 1. The zero-order valence-electron chi connectivity index (χ0n) is 11.5. The highest BCUT2D eigenvalue weighted by Gasteiger charge is 2.35. The number of hydrogen-bond acceptors (Lipinski definition) is 5. The summed E-state index contributed by atoms with van der Waals surface area (Å²) in [4.78, 5) is 11.6. The fourth-order valence-corrected chi connectivity index (χ4v) is 2.11. The molecule has 0 atom stereocenters. The number of amides is 1. The summed E-state index contributed by atoms with van der Waals surface area (Å²) in [6.45, 7) is 0. The standard InChI is InChI=1S/C13H9F4N3O2S/c1-22-9-4-2-7(6-8(9)14)3-5-10(21)18-12-20-19-11(23-12)13(15,16)17/h2-6H,1H3,(H,18,20,21). The van der Waals surface area contributed by atoms with Crippen molar-refractivity contribution in [1.82, 2.24) is 10.2 Å². The zero-order chi connectivity index (χ0) is 17.0. The molecule has 1 aromatic heterocycles. The number of methoxy groups -OCH3 is 1. The number of carbonyl (C=O) groups excluding carboxylic acids is 1. The van der Waals surface area contributed by atoms with Crippen molar-refractivity contribution in [3.63, 3.8) is 0 Å². The fourth-order valence-electron chi connectivity index (χ4n) is 1.49. The highest BCUT2D eigenvalue weighted by atomic mass is 32.1. The van der Waals surface area contributed by atoms with Crippen LogP contribution < -0.4 is 10.1 Å². The van der Waals surface area contributed by atoms with E-state index in [1.807, 2.05) is 0 Å². The van der Waals surface area contributed by atoms with Crippen LogP contribution >= 0.6 is 11.3 Å². The van der Waals surface area contributed by atoms with Gasteiger partial charge in [0.05, 0.1) is 7.11 Å². The van der Waals surface area contributed by atoms with Crippen LogP contribution in [0.15, 0.2) is 24.3 Å². The predicted octanol–water partition coefficient (Wildman–Crippen LogP) is 3.36. The molecule has 10 heteroatoms. The minimum absolute atomic E-state index is 0.0557. The van der Waals surface area contributed by atoms with Gasteiger partial charge in [-0.25, -0.2) is 4.39 Å². The second kappa shape index (κ2) is 6.73. The molecule has 0 spiro atoms. The number of anilines is 1. The molecule has 2 rings (SSSR count). The van der Waals surface area contributed by atoms with E-state index < -0.39 is 22.9 Å². The Labute approximate surface area is 131 Å². The molecular weight excluding hydrogens is 338 g/mol. The Bertz CT molecular complexity index is 743. The van der Waals surface area contributed by atoms with Crippen LogP contribution in [0.2, 0.25) is 0 Å². The van der Waals surface area contributed by atoms with Gasteiger partial charge in [0.1, 0.15) is 0 Å². The van der Waals surface area contributed by atoms with Gasteiger partial charge in [-0.3, -0.25) is 10.1 Å². The van der Waals surface area contributed by atoms with E-state index in [4.69, 9.17) is 4.74 Å². The van der Waals surface area contributed by atoms with Gasteiger partial charge in [-0.2, -0.15) is 13.2 Å². The van der Waals surface area contributed by atoms with E-state index in [-0.39, 0.29) is 22.2 Å². The number of halogens is 4. The van der Waals surface area contributed by atoms with E-state index in [2.05, 4.69) is 15.5 Å². The van der Waals surface area contributed by atoms with Crippen molar-refractivity contribution in [2.75, 3.05) is 12.4 Å².